The monoisotopic (exact) mass is 474 g/mol. The second-order valence-corrected chi connectivity index (χ2v) is 9.95. The van der Waals surface area contributed by atoms with Crippen molar-refractivity contribution in [3.05, 3.63) is 145 Å². The van der Waals surface area contributed by atoms with E-state index in [0.717, 1.165) is 0 Å². The summed E-state index contributed by atoms with van der Waals surface area (Å²) in [6, 6.07) is 50.7. The van der Waals surface area contributed by atoms with E-state index in [9.17, 15) is 0 Å². The fourth-order valence-corrected chi connectivity index (χ4v) is 5.38. The first-order chi connectivity index (χ1) is 18.2. The SMILES string of the molecule is CC(C)c1ccc(-c2c(-c3ccccc3)ccc3c(-c4ccccc4)c(-c4ccccc4)ccc23)cc1. The number of rotatable bonds is 5. The van der Waals surface area contributed by atoms with Gasteiger partial charge in [-0.2, -0.15) is 0 Å². The van der Waals surface area contributed by atoms with Crippen LogP contribution in [0.4, 0.5) is 0 Å². The van der Waals surface area contributed by atoms with Crippen molar-refractivity contribution in [3.8, 4) is 44.5 Å². The average molecular weight is 475 g/mol. The summed E-state index contributed by atoms with van der Waals surface area (Å²) in [7, 11) is 0. The van der Waals surface area contributed by atoms with Crippen molar-refractivity contribution in [2.45, 2.75) is 19.8 Å². The largest absolute Gasteiger partial charge is 0.0622 e. The summed E-state index contributed by atoms with van der Waals surface area (Å²) in [4.78, 5) is 0. The third kappa shape index (κ3) is 4.36. The van der Waals surface area contributed by atoms with Gasteiger partial charge in [-0.3, -0.25) is 0 Å². The van der Waals surface area contributed by atoms with E-state index in [2.05, 4.69) is 153 Å². The maximum absolute atomic E-state index is 2.32. The Morgan fingerprint density at radius 3 is 1.14 bits per heavy atom. The Bertz CT molecular complexity index is 1640. The molecule has 0 unspecified atom stereocenters. The topological polar surface area (TPSA) is 0 Å². The van der Waals surface area contributed by atoms with E-state index in [0.29, 0.717) is 5.92 Å². The maximum atomic E-state index is 2.32. The highest BCUT2D eigenvalue weighted by molar-refractivity contribution is 6.12. The molecule has 178 valence electrons. The average Bonchev–Trinajstić information content (AvgIpc) is 2.97. The second-order valence-electron chi connectivity index (χ2n) is 9.95. The van der Waals surface area contributed by atoms with E-state index in [1.165, 1.54) is 60.8 Å². The number of hydrogen-bond donors (Lipinski definition) is 0. The summed E-state index contributed by atoms with van der Waals surface area (Å²) in [5.74, 6) is 0.508. The van der Waals surface area contributed by atoms with Crippen molar-refractivity contribution in [1.29, 1.82) is 0 Å². The minimum atomic E-state index is 0.508. The molecule has 0 radical (unpaired) electrons. The Balaban J connectivity index is 1.70. The van der Waals surface area contributed by atoms with Crippen LogP contribution in [0.3, 0.4) is 0 Å². The van der Waals surface area contributed by atoms with Crippen molar-refractivity contribution < 1.29 is 0 Å². The van der Waals surface area contributed by atoms with Gasteiger partial charge in [-0.25, -0.2) is 0 Å². The molecule has 0 aliphatic carbocycles. The first-order valence-corrected chi connectivity index (χ1v) is 13.1. The van der Waals surface area contributed by atoms with Gasteiger partial charge >= 0.3 is 0 Å². The quantitative estimate of drug-likeness (QED) is 0.233. The lowest BCUT2D eigenvalue weighted by molar-refractivity contribution is 0.867. The molecule has 0 saturated heterocycles. The Labute approximate surface area is 219 Å². The first kappa shape index (κ1) is 23.0. The molecule has 0 aromatic heterocycles. The van der Waals surface area contributed by atoms with Gasteiger partial charge in [0.1, 0.15) is 0 Å². The third-order valence-electron chi connectivity index (χ3n) is 7.30. The lowest BCUT2D eigenvalue weighted by Gasteiger charge is -2.19. The smallest absolute Gasteiger partial charge is 0.00266 e. The van der Waals surface area contributed by atoms with Crippen molar-refractivity contribution >= 4 is 10.8 Å². The molecule has 6 aromatic carbocycles. The molecule has 0 N–H and O–H groups in total. The molecule has 0 fully saturated rings. The molecule has 0 aliphatic rings. The number of fused-ring (bicyclic) bond motifs is 1. The summed E-state index contributed by atoms with van der Waals surface area (Å²) in [6.07, 6.45) is 0. The predicted octanol–water partition coefficient (Wildman–Crippen LogP) is 10.6. The van der Waals surface area contributed by atoms with Gasteiger partial charge in [0, 0.05) is 0 Å². The van der Waals surface area contributed by atoms with Gasteiger partial charge < -0.3 is 0 Å². The van der Waals surface area contributed by atoms with Gasteiger partial charge in [-0.05, 0) is 66.8 Å². The Kier molecular flexibility index (Phi) is 6.16. The van der Waals surface area contributed by atoms with Crippen molar-refractivity contribution in [2.75, 3.05) is 0 Å². The van der Waals surface area contributed by atoms with Crippen molar-refractivity contribution in [1.82, 2.24) is 0 Å². The van der Waals surface area contributed by atoms with Crippen LogP contribution in [-0.4, -0.2) is 0 Å². The normalized spacial score (nSPS) is 11.2. The molecule has 6 rings (SSSR count). The van der Waals surface area contributed by atoms with Gasteiger partial charge in [-0.15, -0.1) is 0 Å². The molecular formula is C37H30. The van der Waals surface area contributed by atoms with E-state index in [1.54, 1.807) is 0 Å². The molecule has 6 aromatic rings. The summed E-state index contributed by atoms with van der Waals surface area (Å²) >= 11 is 0. The zero-order valence-corrected chi connectivity index (χ0v) is 21.4. The fraction of sp³-hybridized carbons (Fsp3) is 0.0811. The van der Waals surface area contributed by atoms with Crippen LogP contribution in [0.1, 0.15) is 25.3 Å². The molecule has 0 spiro atoms. The van der Waals surface area contributed by atoms with Crippen LogP contribution in [0.2, 0.25) is 0 Å². The molecule has 37 heavy (non-hydrogen) atoms. The Morgan fingerprint density at radius 2 is 0.730 bits per heavy atom. The maximum Gasteiger partial charge on any atom is -0.00266 e. The lowest BCUT2D eigenvalue weighted by Crippen LogP contribution is -1.93. The lowest BCUT2D eigenvalue weighted by atomic mass is 9.84. The minimum Gasteiger partial charge on any atom is -0.0622 e. The molecule has 0 heteroatoms. The molecule has 0 saturated carbocycles. The van der Waals surface area contributed by atoms with Gasteiger partial charge in [0.05, 0.1) is 0 Å². The summed E-state index contributed by atoms with van der Waals surface area (Å²) in [5, 5.41) is 2.55. The van der Waals surface area contributed by atoms with E-state index in [1.807, 2.05) is 0 Å². The van der Waals surface area contributed by atoms with E-state index < -0.39 is 0 Å². The van der Waals surface area contributed by atoms with Gasteiger partial charge in [0.2, 0.25) is 0 Å². The van der Waals surface area contributed by atoms with E-state index in [-0.39, 0.29) is 0 Å². The van der Waals surface area contributed by atoms with E-state index in [4.69, 9.17) is 0 Å². The van der Waals surface area contributed by atoms with Crippen LogP contribution in [0, 0.1) is 0 Å². The summed E-state index contributed by atoms with van der Waals surface area (Å²) < 4.78 is 0. The van der Waals surface area contributed by atoms with Crippen LogP contribution >= 0.6 is 0 Å². The predicted molar refractivity (Wildman–Crippen MR) is 160 cm³/mol. The van der Waals surface area contributed by atoms with Crippen LogP contribution in [0.25, 0.3) is 55.3 Å². The van der Waals surface area contributed by atoms with Crippen LogP contribution in [0.15, 0.2) is 140 Å². The van der Waals surface area contributed by atoms with Crippen molar-refractivity contribution in [3.63, 3.8) is 0 Å². The van der Waals surface area contributed by atoms with Crippen LogP contribution in [0.5, 0.6) is 0 Å². The van der Waals surface area contributed by atoms with Gasteiger partial charge in [0.25, 0.3) is 0 Å². The molecule has 0 bridgehead atoms. The van der Waals surface area contributed by atoms with Crippen LogP contribution in [-0.2, 0) is 0 Å². The minimum absolute atomic E-state index is 0.508. The number of hydrogen-bond acceptors (Lipinski definition) is 0. The Morgan fingerprint density at radius 1 is 0.351 bits per heavy atom. The highest BCUT2D eigenvalue weighted by Gasteiger charge is 2.18. The highest BCUT2D eigenvalue weighted by Crippen LogP contribution is 2.44. The second kappa shape index (κ2) is 9.91. The fourth-order valence-electron chi connectivity index (χ4n) is 5.38. The summed E-state index contributed by atoms with van der Waals surface area (Å²) in [6.45, 7) is 4.50. The zero-order valence-electron chi connectivity index (χ0n) is 21.4. The van der Waals surface area contributed by atoms with Gasteiger partial charge in [-0.1, -0.05) is 153 Å². The van der Waals surface area contributed by atoms with Crippen molar-refractivity contribution in [2.24, 2.45) is 0 Å². The molecule has 0 amide bonds. The van der Waals surface area contributed by atoms with E-state index >= 15 is 0 Å². The number of benzene rings is 6. The highest BCUT2D eigenvalue weighted by atomic mass is 14.2. The molecule has 0 atom stereocenters. The molecule has 0 nitrogen and oxygen atoms in total. The Hall–Kier alpha value is -4.42. The third-order valence-corrected chi connectivity index (χ3v) is 7.30. The van der Waals surface area contributed by atoms with Crippen LogP contribution < -0.4 is 0 Å². The molecule has 0 aliphatic heterocycles. The summed E-state index contributed by atoms with van der Waals surface area (Å²) in [5.41, 5.74) is 11.4. The van der Waals surface area contributed by atoms with Gasteiger partial charge in [0.15, 0.2) is 0 Å². The standard InChI is InChI=1S/C37H30/c1-26(2)27-18-20-31(21-19-27)37-33(29-14-8-4-9-15-29)23-24-34-35(37)25-22-32(28-12-6-3-7-13-28)36(34)30-16-10-5-11-17-30/h3-26H,1-2H3. The molecular weight excluding hydrogens is 444 g/mol. The zero-order chi connectivity index (χ0) is 25.2. The molecule has 0 heterocycles. The first-order valence-electron chi connectivity index (χ1n) is 13.1.